The Morgan fingerprint density at radius 3 is 2.50 bits per heavy atom. The number of hydrogen-bond donors (Lipinski definition) is 2. The van der Waals surface area contributed by atoms with E-state index in [4.69, 9.17) is 10.5 Å². The zero-order valence-corrected chi connectivity index (χ0v) is 4.72. The topological polar surface area (TPSA) is 61.2 Å². The van der Waals surface area contributed by atoms with Crippen LogP contribution in [0.25, 0.3) is 0 Å². The van der Waals surface area contributed by atoms with Gasteiger partial charge in [-0.15, -0.1) is 0 Å². The van der Waals surface area contributed by atoms with Crippen molar-refractivity contribution in [2.45, 2.75) is 13.3 Å². The summed E-state index contributed by atoms with van der Waals surface area (Å²) in [5, 5.41) is 14.8. The van der Waals surface area contributed by atoms with Crippen molar-refractivity contribution in [2.75, 3.05) is 0 Å². The second kappa shape index (κ2) is 3.18. The minimum atomic E-state index is -0.914. The molecule has 0 aliphatic heterocycles. The monoisotopic (exact) mass is 115 g/mol. The Bertz CT molecular complexity index is 101. The lowest BCUT2D eigenvalue weighted by Gasteiger charge is -1.97. The van der Waals surface area contributed by atoms with Crippen LogP contribution in [0.5, 0.6) is 0 Å². The third kappa shape index (κ3) is 1.73. The highest BCUT2D eigenvalue weighted by Crippen LogP contribution is 1.96. The number of nitrogens with one attached hydrogen (secondary N) is 1. The molecule has 0 aromatic rings. The van der Waals surface area contributed by atoms with Crippen molar-refractivity contribution in [1.29, 1.82) is 5.41 Å². The molecular formula is C5H9NO2. The van der Waals surface area contributed by atoms with Crippen molar-refractivity contribution >= 4 is 12.2 Å². The first-order valence-electron chi connectivity index (χ1n) is 2.45. The van der Waals surface area contributed by atoms with Crippen LogP contribution in [0.3, 0.4) is 0 Å². The fourth-order valence-corrected chi connectivity index (χ4v) is 0.364. The molecule has 3 nitrogen and oxygen atoms in total. The molecule has 0 aromatic heterocycles. The van der Waals surface area contributed by atoms with Crippen LogP contribution in [0.1, 0.15) is 13.3 Å². The molecule has 0 aliphatic rings. The molecule has 0 rings (SSSR count). The molecule has 8 heavy (non-hydrogen) atoms. The molecule has 46 valence electrons. The van der Waals surface area contributed by atoms with Crippen LogP contribution in [0.2, 0.25) is 0 Å². The molecule has 0 aromatic carbocycles. The Labute approximate surface area is 47.8 Å². The summed E-state index contributed by atoms with van der Waals surface area (Å²) in [7, 11) is 0. The molecule has 0 unspecified atom stereocenters. The maximum atomic E-state index is 10.0. The second-order valence-corrected chi connectivity index (χ2v) is 1.52. The summed E-state index contributed by atoms with van der Waals surface area (Å²) < 4.78 is 0. The van der Waals surface area contributed by atoms with Gasteiger partial charge in [0.25, 0.3) is 0 Å². The molecule has 0 aliphatic carbocycles. The maximum Gasteiger partial charge on any atom is 0.311 e. The van der Waals surface area contributed by atoms with Gasteiger partial charge in [0.2, 0.25) is 0 Å². The Morgan fingerprint density at radius 1 is 2.00 bits per heavy atom. The van der Waals surface area contributed by atoms with Gasteiger partial charge in [0.15, 0.2) is 0 Å². The van der Waals surface area contributed by atoms with Gasteiger partial charge in [-0.3, -0.25) is 4.79 Å². The number of hydrogen-bond acceptors (Lipinski definition) is 2. The molecular weight excluding hydrogens is 106 g/mol. The van der Waals surface area contributed by atoms with E-state index in [9.17, 15) is 4.79 Å². The number of carbonyl (C=O) groups is 1. The van der Waals surface area contributed by atoms with Crippen molar-refractivity contribution in [2.24, 2.45) is 5.92 Å². The molecule has 0 spiro atoms. The van der Waals surface area contributed by atoms with Gasteiger partial charge < -0.3 is 10.5 Å². The number of carboxylic acids is 1. The standard InChI is InChI=1S/C5H9NO2/c1-2-4(3-6)5(7)8/h3-4,6H,2H2,1H3,(H,7,8)/t4-/m0/s1. The minimum Gasteiger partial charge on any atom is -0.481 e. The van der Waals surface area contributed by atoms with E-state index < -0.39 is 11.9 Å². The molecule has 2 N–H and O–H groups in total. The lowest BCUT2D eigenvalue weighted by molar-refractivity contribution is -0.139. The number of aliphatic carboxylic acids is 1. The summed E-state index contributed by atoms with van der Waals surface area (Å²) in [5.74, 6) is -1.50. The predicted molar refractivity (Wildman–Crippen MR) is 30.2 cm³/mol. The maximum absolute atomic E-state index is 10.0. The van der Waals surface area contributed by atoms with Gasteiger partial charge in [-0.25, -0.2) is 0 Å². The van der Waals surface area contributed by atoms with Crippen LogP contribution < -0.4 is 0 Å². The third-order valence-electron chi connectivity index (χ3n) is 0.958. The quantitative estimate of drug-likeness (QED) is 0.533. The van der Waals surface area contributed by atoms with Crippen molar-refractivity contribution in [1.82, 2.24) is 0 Å². The Morgan fingerprint density at radius 2 is 2.50 bits per heavy atom. The highest BCUT2D eigenvalue weighted by Gasteiger charge is 2.09. The lowest BCUT2D eigenvalue weighted by atomic mass is 10.1. The second-order valence-electron chi connectivity index (χ2n) is 1.52. The van der Waals surface area contributed by atoms with Gasteiger partial charge in [0.1, 0.15) is 0 Å². The summed E-state index contributed by atoms with van der Waals surface area (Å²) in [4.78, 5) is 10.0. The molecule has 0 fully saturated rings. The molecule has 3 heteroatoms. The van der Waals surface area contributed by atoms with E-state index in [0.717, 1.165) is 6.21 Å². The fourth-order valence-electron chi connectivity index (χ4n) is 0.364. The van der Waals surface area contributed by atoms with Crippen molar-refractivity contribution < 1.29 is 9.90 Å². The smallest absolute Gasteiger partial charge is 0.311 e. The van der Waals surface area contributed by atoms with Crippen LogP contribution in [0.4, 0.5) is 0 Å². The van der Waals surface area contributed by atoms with Crippen molar-refractivity contribution in [3.05, 3.63) is 0 Å². The molecule has 0 saturated carbocycles. The van der Waals surface area contributed by atoms with Crippen LogP contribution in [0.15, 0.2) is 0 Å². The van der Waals surface area contributed by atoms with Gasteiger partial charge in [-0.2, -0.15) is 0 Å². The van der Waals surface area contributed by atoms with E-state index in [-0.39, 0.29) is 0 Å². The summed E-state index contributed by atoms with van der Waals surface area (Å²) in [6.07, 6.45) is 1.45. The van der Waals surface area contributed by atoms with E-state index >= 15 is 0 Å². The van der Waals surface area contributed by atoms with Crippen molar-refractivity contribution in [3.8, 4) is 0 Å². The van der Waals surface area contributed by atoms with Gasteiger partial charge in [-0.1, -0.05) is 6.92 Å². The average molecular weight is 115 g/mol. The van der Waals surface area contributed by atoms with Crippen molar-refractivity contribution in [3.63, 3.8) is 0 Å². The molecule has 0 saturated heterocycles. The first kappa shape index (κ1) is 7.14. The fraction of sp³-hybridized carbons (Fsp3) is 0.600. The van der Waals surface area contributed by atoms with E-state index in [1.165, 1.54) is 0 Å². The summed E-state index contributed by atoms with van der Waals surface area (Å²) >= 11 is 0. The van der Waals surface area contributed by atoms with Gasteiger partial charge >= 0.3 is 5.97 Å². The molecule has 0 bridgehead atoms. The summed E-state index contributed by atoms with van der Waals surface area (Å²) in [6.45, 7) is 1.74. The molecule has 0 radical (unpaired) electrons. The van der Waals surface area contributed by atoms with Crippen LogP contribution in [0, 0.1) is 11.3 Å². The van der Waals surface area contributed by atoms with Gasteiger partial charge in [0, 0.05) is 6.21 Å². The third-order valence-corrected chi connectivity index (χ3v) is 0.958. The van der Waals surface area contributed by atoms with E-state index in [0.29, 0.717) is 6.42 Å². The average Bonchev–Trinajstić information content (AvgIpc) is 1.69. The highest BCUT2D eigenvalue weighted by atomic mass is 16.4. The van der Waals surface area contributed by atoms with Crippen LogP contribution >= 0.6 is 0 Å². The Kier molecular flexibility index (Phi) is 2.84. The zero-order chi connectivity index (χ0) is 6.57. The van der Waals surface area contributed by atoms with E-state index in [1.54, 1.807) is 6.92 Å². The number of carboxylic acid groups (broad SMARTS) is 1. The first-order chi connectivity index (χ1) is 3.72. The molecule has 0 amide bonds. The highest BCUT2D eigenvalue weighted by molar-refractivity contribution is 5.87. The SMILES string of the molecule is CC[C@@H](C=N)C(=O)O. The van der Waals surface area contributed by atoms with Crippen LogP contribution in [-0.4, -0.2) is 17.3 Å². The first-order valence-corrected chi connectivity index (χ1v) is 2.45. The zero-order valence-electron chi connectivity index (χ0n) is 4.72. The summed E-state index contributed by atoms with van der Waals surface area (Å²) in [6, 6.07) is 0. The molecule has 0 heterocycles. The van der Waals surface area contributed by atoms with E-state index in [2.05, 4.69) is 0 Å². The minimum absolute atomic E-state index is 0.499. The predicted octanol–water partition coefficient (Wildman–Crippen LogP) is 0.747. The Balaban J connectivity index is 3.69. The van der Waals surface area contributed by atoms with Crippen LogP contribution in [-0.2, 0) is 4.79 Å². The van der Waals surface area contributed by atoms with Gasteiger partial charge in [-0.05, 0) is 6.42 Å². The summed E-state index contributed by atoms with van der Waals surface area (Å²) in [5.41, 5.74) is 0. The normalized spacial score (nSPS) is 12.6. The largest absolute Gasteiger partial charge is 0.481 e. The lowest BCUT2D eigenvalue weighted by Crippen LogP contribution is -2.12. The van der Waals surface area contributed by atoms with Gasteiger partial charge in [0.05, 0.1) is 5.92 Å². The molecule has 1 atom stereocenters. The van der Waals surface area contributed by atoms with E-state index in [1.807, 2.05) is 0 Å². The number of rotatable bonds is 3. The Hall–Kier alpha value is -0.860.